The number of nitrogens with zero attached hydrogens (tertiary/aromatic N) is 3. The van der Waals surface area contributed by atoms with Crippen LogP contribution in [0.4, 0.5) is 10.5 Å². The lowest BCUT2D eigenvalue weighted by atomic mass is 9.55. The molecule has 1 amide bonds. The van der Waals surface area contributed by atoms with E-state index in [1.165, 1.54) is 17.0 Å². The van der Waals surface area contributed by atoms with E-state index in [1.54, 1.807) is 41.9 Å². The molecule has 1 fully saturated rings. The van der Waals surface area contributed by atoms with Gasteiger partial charge in [-0.1, -0.05) is 69.1 Å². The number of likely N-dealkylation sites (N-methyl/N-ethyl adjacent to an activating group) is 1. The molecule has 3 aromatic carbocycles. The van der Waals surface area contributed by atoms with Gasteiger partial charge in [0, 0.05) is 60.9 Å². The molecule has 0 aromatic heterocycles. The number of aliphatic hydroxyl groups is 2. The van der Waals surface area contributed by atoms with Crippen LogP contribution >= 0.6 is 11.8 Å². The van der Waals surface area contributed by atoms with Crippen molar-refractivity contribution in [3.63, 3.8) is 0 Å². The molecular formula is C49H63N3O10S. The molecule has 3 aromatic rings. The summed E-state index contributed by atoms with van der Waals surface area (Å²) in [5, 5.41) is 36.0. The van der Waals surface area contributed by atoms with E-state index in [-0.39, 0.29) is 68.3 Å². The molecule has 1 saturated carbocycles. The van der Waals surface area contributed by atoms with Gasteiger partial charge < -0.3 is 38.9 Å². The number of allylic oxidation sites excluding steroid dienone is 1. The van der Waals surface area contributed by atoms with Crippen molar-refractivity contribution >= 4 is 29.3 Å². The van der Waals surface area contributed by atoms with E-state index in [1.807, 2.05) is 51.1 Å². The Balaban J connectivity index is 1.47. The maximum absolute atomic E-state index is 14.1. The first kappa shape index (κ1) is 47.6. The highest BCUT2D eigenvalue weighted by molar-refractivity contribution is 7.99. The molecule has 0 bridgehead atoms. The van der Waals surface area contributed by atoms with Crippen LogP contribution in [0.2, 0.25) is 0 Å². The third kappa shape index (κ3) is 11.8. The van der Waals surface area contributed by atoms with E-state index in [4.69, 9.17) is 28.9 Å². The van der Waals surface area contributed by atoms with Crippen molar-refractivity contribution < 1.29 is 43.7 Å². The molecule has 6 rings (SSSR count). The van der Waals surface area contributed by atoms with Gasteiger partial charge in [0.1, 0.15) is 24.1 Å². The number of hydrogen-bond acceptors (Lipinski definition) is 12. The monoisotopic (exact) mass is 885 g/mol. The van der Waals surface area contributed by atoms with Crippen molar-refractivity contribution in [3.05, 3.63) is 118 Å². The van der Waals surface area contributed by atoms with Gasteiger partial charge in [-0.2, -0.15) is 0 Å². The van der Waals surface area contributed by atoms with E-state index in [0.29, 0.717) is 42.2 Å². The van der Waals surface area contributed by atoms with Crippen LogP contribution in [-0.2, 0) is 20.9 Å². The number of aliphatic hydroxyl groups excluding tert-OH is 2. The Labute approximate surface area is 375 Å². The number of rotatable bonds is 22. The normalized spacial score (nSPS) is 23.1. The predicted molar refractivity (Wildman–Crippen MR) is 244 cm³/mol. The Morgan fingerprint density at radius 2 is 1.78 bits per heavy atom. The second-order valence-electron chi connectivity index (χ2n) is 17.7. The summed E-state index contributed by atoms with van der Waals surface area (Å²) in [6, 6.07) is 21.6. The zero-order valence-electron chi connectivity index (χ0n) is 37.0. The first-order valence-electron chi connectivity index (χ1n) is 22.0. The standard InChI is InChI=1S/C49H63N3O10S/c1-6-26-60-49-44(51(5)47(55)59-33-48(2,3)4)31-42(50-61-32-34-18-20-36(21-19-34)52(56)57)40-29-35(14-10-12-24-53)39(17-11-13-25-54)45(46(40)49)41-30-37(22-23-43(41)62-49)58-27-28-63-38-15-8-7-9-16-38/h6-9,15-16,18-23,29-30,35,39,44-46,53-54H,1,10-14,17,24-28,31-33H2,2-5H3. The Hall–Kier alpha value is -4.89. The van der Waals surface area contributed by atoms with Gasteiger partial charge >= 0.3 is 6.09 Å². The van der Waals surface area contributed by atoms with Crippen LogP contribution in [0.25, 0.3) is 0 Å². The van der Waals surface area contributed by atoms with Crippen molar-refractivity contribution in [3.8, 4) is 11.5 Å². The van der Waals surface area contributed by atoms with Crippen LogP contribution in [0.15, 0.2) is 107 Å². The molecule has 0 spiro atoms. The van der Waals surface area contributed by atoms with Gasteiger partial charge in [-0.3, -0.25) is 10.1 Å². The number of ether oxygens (including phenoxy) is 4. The van der Waals surface area contributed by atoms with Crippen LogP contribution in [0.1, 0.15) is 82.8 Å². The summed E-state index contributed by atoms with van der Waals surface area (Å²) in [7, 11) is 1.70. The average molecular weight is 886 g/mol. The quantitative estimate of drug-likeness (QED) is 0.0325. The number of non-ortho nitro benzene ring substituents is 1. The van der Waals surface area contributed by atoms with Crippen molar-refractivity contribution in [1.82, 2.24) is 4.90 Å². The summed E-state index contributed by atoms with van der Waals surface area (Å²) in [6.45, 7) is 11.0. The molecule has 1 heterocycles. The minimum atomic E-state index is -1.43. The minimum absolute atomic E-state index is 0.0196. The number of nitro groups is 1. The number of carbonyl (C=O) groups is 1. The first-order chi connectivity index (χ1) is 30.4. The molecule has 6 atom stereocenters. The third-order valence-corrected chi connectivity index (χ3v) is 12.9. The van der Waals surface area contributed by atoms with Crippen molar-refractivity contribution in [2.75, 3.05) is 45.8 Å². The summed E-state index contributed by atoms with van der Waals surface area (Å²) >= 11 is 1.73. The lowest BCUT2D eigenvalue weighted by Crippen LogP contribution is -2.69. The van der Waals surface area contributed by atoms with Gasteiger partial charge in [0.25, 0.3) is 5.69 Å². The number of unbranched alkanes of at least 4 members (excludes halogenated alkanes) is 2. The largest absolute Gasteiger partial charge is 0.493 e. The number of hydrogen-bond donors (Lipinski definition) is 2. The van der Waals surface area contributed by atoms with Crippen molar-refractivity contribution in [1.29, 1.82) is 0 Å². The van der Waals surface area contributed by atoms with Crippen LogP contribution in [0.3, 0.4) is 0 Å². The number of carbonyl (C=O) groups excluding carboxylic acids is 1. The SMILES string of the molecule is C=CCOC12Oc3ccc(OCCSc4ccccc4)cc3C3C(CCCCO)C(CCCCO)C=C(C(=NOCc4ccc([N+](=O)[O-])cc4)CC1N(C)C(=O)OCC(C)(C)C)C32. The maximum Gasteiger partial charge on any atom is 0.410 e. The Morgan fingerprint density at radius 1 is 1.05 bits per heavy atom. The molecule has 14 heteroatoms. The first-order valence-corrected chi connectivity index (χ1v) is 23.0. The van der Waals surface area contributed by atoms with Crippen LogP contribution in [0, 0.1) is 33.3 Å². The van der Waals surface area contributed by atoms with Crippen LogP contribution in [0.5, 0.6) is 11.5 Å². The lowest BCUT2D eigenvalue weighted by molar-refractivity contribution is -0.384. The average Bonchev–Trinajstić information content (AvgIpc) is 3.27. The lowest BCUT2D eigenvalue weighted by Gasteiger charge is -2.59. The fourth-order valence-electron chi connectivity index (χ4n) is 9.06. The Morgan fingerprint density at radius 3 is 2.46 bits per heavy atom. The highest BCUT2D eigenvalue weighted by Gasteiger charge is 2.65. The molecule has 6 unspecified atom stereocenters. The second-order valence-corrected chi connectivity index (χ2v) is 18.9. The highest BCUT2D eigenvalue weighted by atomic mass is 32.2. The van der Waals surface area contributed by atoms with E-state index in [2.05, 4.69) is 30.9 Å². The van der Waals surface area contributed by atoms with Gasteiger partial charge in [-0.25, -0.2) is 4.79 Å². The number of thioether (sulfide) groups is 1. The molecule has 1 aliphatic heterocycles. The molecule has 340 valence electrons. The highest BCUT2D eigenvalue weighted by Crippen LogP contribution is 2.62. The predicted octanol–water partition coefficient (Wildman–Crippen LogP) is 9.71. The van der Waals surface area contributed by atoms with Crippen LogP contribution < -0.4 is 9.47 Å². The van der Waals surface area contributed by atoms with Gasteiger partial charge in [0.2, 0.25) is 5.79 Å². The number of nitro benzene ring substituents is 1. The summed E-state index contributed by atoms with van der Waals surface area (Å²) in [5.41, 5.74) is 2.88. The van der Waals surface area contributed by atoms with E-state index >= 15 is 0 Å². The molecule has 63 heavy (non-hydrogen) atoms. The Kier molecular flexibility index (Phi) is 16.7. The topological polar surface area (TPSA) is 162 Å². The van der Waals surface area contributed by atoms with E-state index in [0.717, 1.165) is 42.6 Å². The number of oxime groups is 1. The van der Waals surface area contributed by atoms with Gasteiger partial charge in [0.05, 0.1) is 36.4 Å². The van der Waals surface area contributed by atoms with E-state index in [9.17, 15) is 25.1 Å². The van der Waals surface area contributed by atoms with Crippen molar-refractivity contribution in [2.45, 2.75) is 95.0 Å². The van der Waals surface area contributed by atoms with Gasteiger partial charge in [-0.05, 0) is 96.5 Å². The summed E-state index contributed by atoms with van der Waals surface area (Å²) in [4.78, 5) is 33.8. The molecular weight excluding hydrogens is 823 g/mol. The molecule has 0 saturated heterocycles. The van der Waals surface area contributed by atoms with Gasteiger partial charge in [-0.15, -0.1) is 18.3 Å². The van der Waals surface area contributed by atoms with Crippen molar-refractivity contribution in [2.24, 2.45) is 28.3 Å². The molecule has 13 nitrogen and oxygen atoms in total. The Bertz CT molecular complexity index is 2060. The summed E-state index contributed by atoms with van der Waals surface area (Å²) < 4.78 is 26.6. The third-order valence-electron chi connectivity index (χ3n) is 11.9. The number of amides is 1. The molecule has 3 aliphatic rings. The zero-order valence-corrected chi connectivity index (χ0v) is 37.8. The zero-order chi connectivity index (χ0) is 45.0. The second kappa shape index (κ2) is 22.1. The minimum Gasteiger partial charge on any atom is -0.493 e. The fraction of sp³-hybridized carbons (Fsp3) is 0.510. The molecule has 2 N–H and O–H groups in total. The van der Waals surface area contributed by atoms with Crippen LogP contribution in [-0.4, -0.2) is 89.5 Å². The molecule has 2 aliphatic carbocycles. The van der Waals surface area contributed by atoms with Gasteiger partial charge in [0.15, 0.2) is 0 Å². The fourth-order valence-corrected chi connectivity index (χ4v) is 9.81. The van der Waals surface area contributed by atoms with E-state index < -0.39 is 28.8 Å². The number of fused-ring (bicyclic) bond motifs is 2. The summed E-state index contributed by atoms with van der Waals surface area (Å²) in [6.07, 6.45) is 8.12. The summed E-state index contributed by atoms with van der Waals surface area (Å²) in [5.74, 6) is 0.0395. The maximum atomic E-state index is 14.1. The smallest absolute Gasteiger partial charge is 0.410 e. The molecule has 0 radical (unpaired) electrons. The number of benzene rings is 3.